The van der Waals surface area contributed by atoms with Crippen LogP contribution in [-0.4, -0.2) is 19.3 Å². The van der Waals surface area contributed by atoms with E-state index in [1.807, 2.05) is 11.7 Å². The van der Waals surface area contributed by atoms with Gasteiger partial charge in [0.05, 0.1) is 5.69 Å². The molecule has 2 N–H and O–H groups in total. The Bertz CT molecular complexity index is 533. The Morgan fingerprint density at radius 3 is 2.44 bits per heavy atom. The summed E-state index contributed by atoms with van der Waals surface area (Å²) < 4.78 is 4.01. The van der Waals surface area contributed by atoms with Crippen molar-refractivity contribution < 1.29 is 0 Å². The zero-order valence-corrected chi connectivity index (χ0v) is 11.8. The van der Waals surface area contributed by atoms with E-state index in [2.05, 4.69) is 35.4 Å². The monoisotopic (exact) mass is 249 g/mol. The molecule has 0 saturated carbocycles. The number of nitrogens with zero attached hydrogens (tertiary/aromatic N) is 4. The molecule has 0 aliphatic carbocycles. The van der Waals surface area contributed by atoms with E-state index in [0.29, 0.717) is 11.9 Å². The van der Waals surface area contributed by atoms with Crippen molar-refractivity contribution in [3.05, 3.63) is 5.69 Å². The summed E-state index contributed by atoms with van der Waals surface area (Å²) in [5, 5.41) is 4.51. The van der Waals surface area contributed by atoms with Crippen LogP contribution in [0.15, 0.2) is 0 Å². The minimum Gasteiger partial charge on any atom is -0.369 e. The Balaban J connectivity index is 2.49. The Labute approximate surface area is 108 Å². The number of aromatic nitrogens is 4. The first-order valence-corrected chi connectivity index (χ1v) is 6.79. The van der Waals surface area contributed by atoms with Gasteiger partial charge in [0, 0.05) is 13.6 Å². The first-order chi connectivity index (χ1) is 8.62. The molecule has 2 rings (SSSR count). The molecule has 0 aliphatic heterocycles. The molecular formula is C13H23N5. The highest BCUT2D eigenvalue weighted by molar-refractivity contribution is 5.77. The Morgan fingerprint density at radius 1 is 1.22 bits per heavy atom. The summed E-state index contributed by atoms with van der Waals surface area (Å²) in [6.45, 7) is 7.47. The molecule has 0 aromatic carbocycles. The molecule has 0 aliphatic rings. The minimum atomic E-state index is 0.611. The molecule has 2 aromatic heterocycles. The van der Waals surface area contributed by atoms with Gasteiger partial charge in [-0.15, -0.1) is 0 Å². The number of anilines is 1. The van der Waals surface area contributed by atoms with E-state index >= 15 is 0 Å². The van der Waals surface area contributed by atoms with E-state index in [1.165, 1.54) is 0 Å². The molecule has 0 amide bonds. The Morgan fingerprint density at radius 2 is 1.89 bits per heavy atom. The van der Waals surface area contributed by atoms with Gasteiger partial charge in [-0.05, 0) is 12.3 Å². The average Bonchev–Trinajstić information content (AvgIpc) is 2.84. The summed E-state index contributed by atoms with van der Waals surface area (Å²) in [7, 11) is 1.96. The fourth-order valence-corrected chi connectivity index (χ4v) is 2.48. The fraction of sp³-hybridized carbons (Fsp3) is 0.692. The highest BCUT2D eigenvalue weighted by Crippen LogP contribution is 2.23. The number of rotatable bonds is 5. The predicted octanol–water partition coefficient (Wildman–Crippen LogP) is 2.35. The second-order valence-corrected chi connectivity index (χ2v) is 4.86. The number of nitrogen functional groups attached to an aromatic ring is 1. The summed E-state index contributed by atoms with van der Waals surface area (Å²) in [4.78, 5) is 4.48. The first-order valence-electron chi connectivity index (χ1n) is 6.79. The zero-order chi connectivity index (χ0) is 13.3. The molecule has 0 saturated heterocycles. The van der Waals surface area contributed by atoms with Gasteiger partial charge >= 0.3 is 0 Å². The van der Waals surface area contributed by atoms with Gasteiger partial charge in [0.2, 0.25) is 5.95 Å². The molecule has 2 heterocycles. The summed E-state index contributed by atoms with van der Waals surface area (Å²) >= 11 is 0. The standard InChI is InChI=1S/C13H23N5/c1-5-9(6-2)8-18-12-11(15-13(18)14)10(7-3)16-17(12)4/h9H,5-8H2,1-4H3,(H2,14,15). The molecule has 0 fully saturated rings. The largest absolute Gasteiger partial charge is 0.369 e. The number of aryl methyl sites for hydroxylation is 2. The van der Waals surface area contributed by atoms with E-state index in [9.17, 15) is 0 Å². The van der Waals surface area contributed by atoms with E-state index in [4.69, 9.17) is 5.73 Å². The maximum absolute atomic E-state index is 6.06. The maximum Gasteiger partial charge on any atom is 0.202 e. The number of hydrogen-bond donors (Lipinski definition) is 1. The van der Waals surface area contributed by atoms with Crippen LogP contribution in [0.25, 0.3) is 11.2 Å². The molecule has 0 radical (unpaired) electrons. The van der Waals surface area contributed by atoms with Crippen molar-refractivity contribution in [3.63, 3.8) is 0 Å². The summed E-state index contributed by atoms with van der Waals surface area (Å²) in [5.74, 6) is 1.25. The van der Waals surface area contributed by atoms with Gasteiger partial charge in [0.25, 0.3) is 0 Å². The van der Waals surface area contributed by atoms with Crippen molar-refractivity contribution in [1.29, 1.82) is 0 Å². The van der Waals surface area contributed by atoms with E-state index < -0.39 is 0 Å². The lowest BCUT2D eigenvalue weighted by molar-refractivity contribution is 0.423. The average molecular weight is 249 g/mol. The van der Waals surface area contributed by atoms with Gasteiger partial charge < -0.3 is 5.73 Å². The van der Waals surface area contributed by atoms with Crippen molar-refractivity contribution >= 4 is 17.1 Å². The van der Waals surface area contributed by atoms with E-state index in [-0.39, 0.29) is 0 Å². The molecule has 0 spiro atoms. The topological polar surface area (TPSA) is 61.7 Å². The molecule has 5 nitrogen and oxygen atoms in total. The highest BCUT2D eigenvalue weighted by atomic mass is 15.3. The van der Waals surface area contributed by atoms with E-state index in [0.717, 1.165) is 42.7 Å². The molecule has 0 unspecified atom stereocenters. The predicted molar refractivity (Wildman–Crippen MR) is 74.4 cm³/mol. The minimum absolute atomic E-state index is 0.611. The second-order valence-electron chi connectivity index (χ2n) is 4.86. The van der Waals surface area contributed by atoms with Crippen molar-refractivity contribution in [2.45, 2.75) is 46.6 Å². The molecule has 18 heavy (non-hydrogen) atoms. The first kappa shape index (κ1) is 12.9. The van der Waals surface area contributed by atoms with Gasteiger partial charge in [-0.25, -0.2) is 4.98 Å². The lowest BCUT2D eigenvalue weighted by Crippen LogP contribution is -2.13. The van der Waals surface area contributed by atoms with Crippen LogP contribution in [0.2, 0.25) is 0 Å². The van der Waals surface area contributed by atoms with Gasteiger partial charge in [-0.1, -0.05) is 33.6 Å². The SMILES string of the molecule is CCc1nn(C)c2c1nc(N)n2CC(CC)CC. The van der Waals surface area contributed by atoms with Crippen LogP contribution in [0, 0.1) is 5.92 Å². The fourth-order valence-electron chi connectivity index (χ4n) is 2.48. The Kier molecular flexibility index (Phi) is 3.59. The number of fused-ring (bicyclic) bond motifs is 1. The molecule has 0 bridgehead atoms. The van der Waals surface area contributed by atoms with Gasteiger partial charge in [-0.3, -0.25) is 9.25 Å². The van der Waals surface area contributed by atoms with Gasteiger partial charge in [0.15, 0.2) is 5.65 Å². The van der Waals surface area contributed by atoms with Crippen LogP contribution >= 0.6 is 0 Å². The summed E-state index contributed by atoms with van der Waals surface area (Å²) in [5.41, 5.74) is 9.10. The van der Waals surface area contributed by atoms with Gasteiger partial charge in [-0.2, -0.15) is 5.10 Å². The number of hydrogen-bond acceptors (Lipinski definition) is 3. The van der Waals surface area contributed by atoms with Crippen molar-refractivity contribution in [1.82, 2.24) is 19.3 Å². The Hall–Kier alpha value is -1.52. The lowest BCUT2D eigenvalue weighted by atomic mass is 10.0. The van der Waals surface area contributed by atoms with Crippen molar-refractivity contribution in [2.24, 2.45) is 13.0 Å². The lowest BCUT2D eigenvalue weighted by Gasteiger charge is -2.14. The van der Waals surface area contributed by atoms with Crippen molar-refractivity contribution in [3.8, 4) is 0 Å². The molecule has 0 atom stereocenters. The molecule has 2 aromatic rings. The normalized spacial score (nSPS) is 11.8. The summed E-state index contributed by atoms with van der Waals surface area (Å²) in [6.07, 6.45) is 3.21. The number of imidazole rings is 1. The van der Waals surface area contributed by atoms with Crippen LogP contribution in [0.5, 0.6) is 0 Å². The molecule has 100 valence electrons. The van der Waals surface area contributed by atoms with Crippen molar-refractivity contribution in [2.75, 3.05) is 5.73 Å². The van der Waals surface area contributed by atoms with Crippen LogP contribution in [0.4, 0.5) is 5.95 Å². The molecule has 5 heteroatoms. The van der Waals surface area contributed by atoms with Crippen LogP contribution < -0.4 is 5.73 Å². The number of nitrogens with two attached hydrogens (primary N) is 1. The van der Waals surface area contributed by atoms with Gasteiger partial charge in [0.1, 0.15) is 5.52 Å². The third-order valence-electron chi connectivity index (χ3n) is 3.75. The second kappa shape index (κ2) is 5.00. The third kappa shape index (κ3) is 1.98. The van der Waals surface area contributed by atoms with E-state index in [1.54, 1.807) is 0 Å². The smallest absolute Gasteiger partial charge is 0.202 e. The van der Waals surface area contributed by atoms with Crippen LogP contribution in [-0.2, 0) is 20.0 Å². The van der Waals surface area contributed by atoms with Crippen LogP contribution in [0.1, 0.15) is 39.3 Å². The summed E-state index contributed by atoms with van der Waals surface area (Å²) in [6, 6.07) is 0. The molecular weight excluding hydrogens is 226 g/mol. The van der Waals surface area contributed by atoms with Crippen LogP contribution in [0.3, 0.4) is 0 Å². The maximum atomic E-state index is 6.06. The third-order valence-corrected chi connectivity index (χ3v) is 3.75. The zero-order valence-electron chi connectivity index (χ0n) is 11.8. The quantitative estimate of drug-likeness (QED) is 0.884. The highest BCUT2D eigenvalue weighted by Gasteiger charge is 2.18.